The molecule has 4 aromatic carbocycles. The number of hydrogen-bond donors (Lipinski definition) is 2. The molecule has 1 fully saturated rings. The van der Waals surface area contributed by atoms with E-state index in [1.165, 1.54) is 11.0 Å². The molecule has 0 saturated carbocycles. The zero-order valence-electron chi connectivity index (χ0n) is 28.2. The van der Waals surface area contributed by atoms with E-state index in [0.717, 1.165) is 16.7 Å². The molecule has 1 aliphatic rings. The number of anilines is 1. The fraction of sp³-hybridized carbons (Fsp3) is 0.237. The van der Waals surface area contributed by atoms with Crippen molar-refractivity contribution in [1.82, 2.24) is 29.1 Å². The Hall–Kier alpha value is -4.45. The fourth-order valence-electron chi connectivity index (χ4n) is 6.73. The van der Waals surface area contributed by atoms with Crippen LogP contribution in [0.4, 0.5) is 5.82 Å². The van der Waals surface area contributed by atoms with Crippen LogP contribution in [0.2, 0.25) is 0 Å². The van der Waals surface area contributed by atoms with E-state index in [1.54, 1.807) is 20.4 Å². The average molecular weight is 724 g/mol. The summed E-state index contributed by atoms with van der Waals surface area (Å²) < 4.78 is 29.0. The number of nitrogens with zero attached hydrogens (tertiary/aromatic N) is 6. The van der Waals surface area contributed by atoms with Gasteiger partial charge in [0, 0.05) is 18.7 Å². The molecule has 0 amide bonds. The fourth-order valence-corrected chi connectivity index (χ4v) is 7.48. The van der Waals surface area contributed by atoms with E-state index < -0.39 is 31.0 Å². The van der Waals surface area contributed by atoms with Crippen LogP contribution < -0.4 is 5.32 Å². The first kappa shape index (κ1) is 35.0. The molecule has 3 heterocycles. The van der Waals surface area contributed by atoms with E-state index in [0.29, 0.717) is 35.6 Å². The van der Waals surface area contributed by atoms with Crippen LogP contribution in [-0.4, -0.2) is 74.1 Å². The minimum absolute atomic E-state index is 0.0297. The number of fused-ring (bicyclic) bond motifs is 1. The topological polar surface area (TPSA) is 118 Å². The Morgan fingerprint density at radius 3 is 1.98 bits per heavy atom. The molecule has 2 unspecified atom stereocenters. The predicted molar refractivity (Wildman–Crippen MR) is 198 cm³/mol. The highest BCUT2D eigenvalue weighted by Crippen LogP contribution is 2.54. The third-order valence-corrected chi connectivity index (χ3v) is 11.8. The number of aliphatic hydroxyl groups excluding tert-OH is 1. The van der Waals surface area contributed by atoms with Crippen LogP contribution in [0.3, 0.4) is 0 Å². The molecule has 1 aliphatic heterocycles. The van der Waals surface area contributed by atoms with E-state index in [4.69, 9.17) is 25.5 Å². The second-order valence-corrected chi connectivity index (χ2v) is 15.8. The molecule has 0 radical (unpaired) electrons. The molecule has 51 heavy (non-hydrogen) atoms. The normalized spacial score (nSPS) is 18.8. The number of imidazole rings is 1. The van der Waals surface area contributed by atoms with Gasteiger partial charge in [0.05, 0.1) is 24.6 Å². The van der Waals surface area contributed by atoms with Gasteiger partial charge in [-0.1, -0.05) is 121 Å². The number of aliphatic hydroxyl groups is 1. The molecule has 0 aliphatic carbocycles. The maximum absolute atomic E-state index is 13.2. The highest BCUT2D eigenvalue weighted by atomic mass is 35.7. The van der Waals surface area contributed by atoms with Gasteiger partial charge in [-0.3, -0.25) is 14.0 Å². The lowest BCUT2D eigenvalue weighted by Gasteiger charge is -2.50. The van der Waals surface area contributed by atoms with Gasteiger partial charge in [0.2, 0.25) is 0 Å². The Morgan fingerprint density at radius 1 is 0.882 bits per heavy atom. The maximum Gasteiger partial charge on any atom is 0.362 e. The molecule has 1 saturated heterocycles. The van der Waals surface area contributed by atoms with Crippen LogP contribution >= 0.6 is 18.1 Å². The number of benzene rings is 4. The van der Waals surface area contributed by atoms with E-state index in [-0.39, 0.29) is 6.61 Å². The van der Waals surface area contributed by atoms with Crippen molar-refractivity contribution in [1.29, 1.82) is 0 Å². The highest BCUT2D eigenvalue weighted by molar-refractivity contribution is 7.83. The zero-order chi connectivity index (χ0) is 35.4. The average Bonchev–Trinajstić information content (AvgIpc) is 3.61. The number of halogens is 1. The molecule has 11 nitrogen and oxygen atoms in total. The Kier molecular flexibility index (Phi) is 10.3. The number of aromatic nitrogens is 4. The smallest absolute Gasteiger partial charge is 0.362 e. The molecule has 13 heteroatoms. The van der Waals surface area contributed by atoms with Gasteiger partial charge in [-0.15, -0.1) is 0 Å². The number of morpholine rings is 1. The van der Waals surface area contributed by atoms with Crippen molar-refractivity contribution in [3.8, 4) is 0 Å². The Labute approximate surface area is 301 Å². The number of hydrogen-bond acceptors (Lipinski definition) is 9. The summed E-state index contributed by atoms with van der Waals surface area (Å²) in [5, 5.41) is 14.0. The van der Waals surface area contributed by atoms with E-state index in [1.807, 2.05) is 89.5 Å². The molecule has 6 aromatic rings. The van der Waals surface area contributed by atoms with Crippen molar-refractivity contribution in [3.05, 3.63) is 156 Å². The lowest BCUT2D eigenvalue weighted by Crippen LogP contribution is -2.57. The predicted octanol–water partition coefficient (Wildman–Crippen LogP) is 7.05. The third kappa shape index (κ3) is 7.07. The van der Waals surface area contributed by atoms with Gasteiger partial charge >= 0.3 is 6.87 Å². The standard InChI is InChI=1S/C38H39ClN7O4P/c1-44(2)51(39,48)49-25-32-23-45(38(29-17-9-4-10-18-29,30-19-11-5-12-20-30)31-21-13-6-14-22-31)24-33(50-32)46-27-42-34-35(40-26-41-36(34)46)43-37(47)28-15-7-3-8-16-28/h3-22,26-27,32-33,37,47H,23-25H2,1-2H3,(H,40,41,43)/t32-,33+,37?,51?/m0/s1. The van der Waals surface area contributed by atoms with Gasteiger partial charge in [-0.05, 0) is 42.0 Å². The molecule has 0 spiro atoms. The second kappa shape index (κ2) is 15.0. The Morgan fingerprint density at radius 2 is 1.43 bits per heavy atom. The first-order chi connectivity index (χ1) is 24.8. The SMILES string of the molecule is CN(C)P(=O)(Cl)OC[C@@H]1CN(C(c2ccccc2)(c2ccccc2)c2ccccc2)C[C@H](n2cnc3c(NC(O)c4ccccc4)ncnc32)O1. The number of rotatable bonds is 12. The van der Waals surface area contributed by atoms with E-state index in [2.05, 4.69) is 56.6 Å². The quantitative estimate of drug-likeness (QED) is 0.0773. The van der Waals surface area contributed by atoms with Crippen molar-refractivity contribution in [2.75, 3.05) is 39.1 Å². The molecule has 2 aromatic heterocycles. The van der Waals surface area contributed by atoms with Gasteiger partial charge in [0.1, 0.15) is 12.6 Å². The third-order valence-electron chi connectivity index (χ3n) is 9.15. The summed E-state index contributed by atoms with van der Waals surface area (Å²) in [6.07, 6.45) is 0.910. The Balaban J connectivity index is 1.34. The first-order valence-electron chi connectivity index (χ1n) is 16.6. The number of nitrogens with one attached hydrogen (secondary N) is 1. The summed E-state index contributed by atoms with van der Waals surface area (Å²) in [5.74, 6) is 0.379. The summed E-state index contributed by atoms with van der Waals surface area (Å²) in [4.78, 5) is 16.1. The number of ether oxygens (including phenoxy) is 1. The van der Waals surface area contributed by atoms with Crippen LogP contribution in [0.15, 0.2) is 134 Å². The van der Waals surface area contributed by atoms with Crippen molar-refractivity contribution < 1.29 is 18.9 Å². The van der Waals surface area contributed by atoms with E-state index in [9.17, 15) is 9.67 Å². The van der Waals surface area contributed by atoms with Crippen LogP contribution in [0.1, 0.15) is 34.7 Å². The minimum Gasteiger partial charge on any atom is -0.369 e. The molecule has 2 N–H and O–H groups in total. The van der Waals surface area contributed by atoms with Crippen molar-refractivity contribution in [3.63, 3.8) is 0 Å². The van der Waals surface area contributed by atoms with Crippen LogP contribution in [0.25, 0.3) is 11.2 Å². The van der Waals surface area contributed by atoms with Crippen molar-refractivity contribution in [2.24, 2.45) is 0 Å². The van der Waals surface area contributed by atoms with Gasteiger partial charge in [0.15, 0.2) is 23.2 Å². The summed E-state index contributed by atoms with van der Waals surface area (Å²) in [6, 6.07) is 40.5. The summed E-state index contributed by atoms with van der Waals surface area (Å²) >= 11 is 6.35. The first-order valence-corrected chi connectivity index (χ1v) is 19.1. The molecule has 7 rings (SSSR count). The molecular weight excluding hydrogens is 685 g/mol. The van der Waals surface area contributed by atoms with Crippen molar-refractivity contribution >= 4 is 35.1 Å². The summed E-state index contributed by atoms with van der Waals surface area (Å²) in [5.41, 5.74) is 4.11. The van der Waals surface area contributed by atoms with Gasteiger partial charge < -0.3 is 19.7 Å². The molecule has 4 atom stereocenters. The van der Waals surface area contributed by atoms with Crippen LogP contribution in [0.5, 0.6) is 0 Å². The van der Waals surface area contributed by atoms with Gasteiger partial charge in [-0.2, -0.15) is 0 Å². The minimum atomic E-state index is -3.59. The summed E-state index contributed by atoms with van der Waals surface area (Å²) in [6.45, 7) is -2.80. The molecule has 0 bridgehead atoms. The Bertz CT molecular complexity index is 1990. The largest absolute Gasteiger partial charge is 0.369 e. The van der Waals surface area contributed by atoms with Crippen LogP contribution in [-0.2, 0) is 19.4 Å². The van der Waals surface area contributed by atoms with Crippen molar-refractivity contribution in [2.45, 2.75) is 24.1 Å². The second-order valence-electron chi connectivity index (χ2n) is 12.5. The van der Waals surface area contributed by atoms with Crippen LogP contribution in [0, 0.1) is 0 Å². The maximum atomic E-state index is 13.2. The summed E-state index contributed by atoms with van der Waals surface area (Å²) in [7, 11) is 3.24. The zero-order valence-corrected chi connectivity index (χ0v) is 29.9. The highest BCUT2D eigenvalue weighted by Gasteiger charge is 2.47. The molecular formula is C38H39ClN7O4P. The van der Waals surface area contributed by atoms with E-state index >= 15 is 0 Å². The molecule has 262 valence electrons. The van der Waals surface area contributed by atoms with Gasteiger partial charge in [0.25, 0.3) is 0 Å². The lowest BCUT2D eigenvalue weighted by atomic mass is 9.75. The lowest BCUT2D eigenvalue weighted by molar-refractivity contribution is -0.145. The van der Waals surface area contributed by atoms with Gasteiger partial charge in [-0.25, -0.2) is 19.6 Å². The monoisotopic (exact) mass is 723 g/mol.